The number of amides is 1. The summed E-state index contributed by atoms with van der Waals surface area (Å²) >= 11 is 9.15. The van der Waals surface area contributed by atoms with Gasteiger partial charge < -0.3 is 9.88 Å². The van der Waals surface area contributed by atoms with Gasteiger partial charge in [0.1, 0.15) is 12.2 Å². The number of nitrogens with zero attached hydrogens (tertiary/aromatic N) is 1. The third-order valence-electron chi connectivity index (χ3n) is 2.59. The topological polar surface area (TPSA) is 34.0 Å². The molecule has 0 atom stereocenters. The van der Waals surface area contributed by atoms with Crippen LogP contribution in [0.4, 0.5) is 18.9 Å². The van der Waals surface area contributed by atoms with Crippen molar-refractivity contribution in [1.82, 2.24) is 4.57 Å². The number of aromatic nitrogens is 1. The minimum Gasteiger partial charge on any atom is -0.334 e. The zero-order valence-corrected chi connectivity index (χ0v) is 12.8. The lowest BCUT2D eigenvalue weighted by atomic mass is 10.3. The summed E-state index contributed by atoms with van der Waals surface area (Å²) in [6.07, 6.45) is -3.20. The predicted octanol–water partition coefficient (Wildman–Crippen LogP) is 4.72. The fourth-order valence-electron chi connectivity index (χ4n) is 1.73. The minimum absolute atomic E-state index is 0.0941. The fraction of sp³-hybridized carbons (Fsp3) is 0.154. The molecule has 3 nitrogen and oxygen atoms in total. The van der Waals surface area contributed by atoms with E-state index in [-0.39, 0.29) is 5.69 Å². The molecule has 0 unspecified atom stereocenters. The lowest BCUT2D eigenvalue weighted by Crippen LogP contribution is -2.23. The molecule has 1 amide bonds. The summed E-state index contributed by atoms with van der Waals surface area (Å²) in [6, 6.07) is 7.51. The van der Waals surface area contributed by atoms with Crippen LogP contribution in [0.5, 0.6) is 0 Å². The van der Waals surface area contributed by atoms with E-state index in [0.717, 1.165) is 4.57 Å². The molecular weight excluding hydrogens is 373 g/mol. The van der Waals surface area contributed by atoms with Crippen molar-refractivity contribution >= 4 is 39.1 Å². The Morgan fingerprint density at radius 1 is 1.33 bits per heavy atom. The van der Waals surface area contributed by atoms with Crippen molar-refractivity contribution in [3.05, 3.63) is 51.7 Å². The summed E-state index contributed by atoms with van der Waals surface area (Å²) in [4.78, 5) is 12.1. The molecular formula is C13H9BrClF3N2O. The lowest BCUT2D eigenvalue weighted by Gasteiger charge is -2.12. The van der Waals surface area contributed by atoms with E-state index in [9.17, 15) is 18.0 Å². The quantitative estimate of drug-likeness (QED) is 0.820. The number of carbonyl (C=O) groups is 1. The highest BCUT2D eigenvalue weighted by Gasteiger charge is 2.29. The van der Waals surface area contributed by atoms with Crippen LogP contribution in [0, 0.1) is 0 Å². The Bertz CT molecular complexity index is 670. The minimum atomic E-state index is -4.40. The van der Waals surface area contributed by atoms with Gasteiger partial charge >= 0.3 is 6.18 Å². The molecule has 0 aliphatic carbocycles. The molecule has 0 aliphatic rings. The summed E-state index contributed by atoms with van der Waals surface area (Å²) in [5.41, 5.74) is 0.221. The summed E-state index contributed by atoms with van der Waals surface area (Å²) in [7, 11) is 0. The Labute approximate surface area is 131 Å². The Morgan fingerprint density at radius 2 is 2.05 bits per heavy atom. The second-order valence-electron chi connectivity index (χ2n) is 4.21. The van der Waals surface area contributed by atoms with Gasteiger partial charge in [0.15, 0.2) is 0 Å². The zero-order valence-electron chi connectivity index (χ0n) is 10.4. The number of nitrogens with one attached hydrogen (secondary N) is 1. The molecule has 8 heteroatoms. The molecule has 1 aromatic heterocycles. The largest absolute Gasteiger partial charge is 0.406 e. The van der Waals surface area contributed by atoms with Gasteiger partial charge in [-0.1, -0.05) is 27.5 Å². The molecule has 2 rings (SSSR count). The lowest BCUT2D eigenvalue weighted by molar-refractivity contribution is -0.140. The first-order valence-corrected chi connectivity index (χ1v) is 6.91. The number of alkyl halides is 3. The van der Waals surface area contributed by atoms with Crippen LogP contribution >= 0.6 is 27.5 Å². The molecule has 1 heterocycles. The van der Waals surface area contributed by atoms with Gasteiger partial charge in [0.05, 0.1) is 10.7 Å². The van der Waals surface area contributed by atoms with E-state index in [2.05, 4.69) is 21.2 Å². The van der Waals surface area contributed by atoms with Gasteiger partial charge in [0.25, 0.3) is 5.91 Å². The number of carbonyl (C=O) groups excluding carboxylic acids is 1. The number of halogens is 5. The Balaban J connectivity index is 2.21. The van der Waals surface area contributed by atoms with Crippen LogP contribution in [0.3, 0.4) is 0 Å². The first-order valence-electron chi connectivity index (χ1n) is 5.74. The van der Waals surface area contributed by atoms with Crippen LogP contribution in [0.15, 0.2) is 41.0 Å². The fourth-order valence-corrected chi connectivity index (χ4v) is 2.26. The molecule has 112 valence electrons. The van der Waals surface area contributed by atoms with E-state index < -0.39 is 18.6 Å². The van der Waals surface area contributed by atoms with E-state index in [0.29, 0.717) is 15.2 Å². The first-order chi connectivity index (χ1) is 9.76. The van der Waals surface area contributed by atoms with E-state index in [1.807, 2.05) is 0 Å². The highest BCUT2D eigenvalue weighted by Crippen LogP contribution is 2.26. The van der Waals surface area contributed by atoms with Gasteiger partial charge in [0.2, 0.25) is 0 Å². The van der Waals surface area contributed by atoms with Gasteiger partial charge in [0, 0.05) is 10.7 Å². The van der Waals surface area contributed by atoms with Crippen LogP contribution in [0.2, 0.25) is 5.02 Å². The van der Waals surface area contributed by atoms with E-state index in [4.69, 9.17) is 11.6 Å². The Kier molecular flexibility index (Phi) is 4.63. The molecule has 21 heavy (non-hydrogen) atoms. The van der Waals surface area contributed by atoms with Crippen LogP contribution in [0.1, 0.15) is 10.5 Å². The molecule has 0 saturated heterocycles. The van der Waals surface area contributed by atoms with Crippen LogP contribution in [-0.4, -0.2) is 16.7 Å². The highest BCUT2D eigenvalue weighted by atomic mass is 79.9. The van der Waals surface area contributed by atoms with Gasteiger partial charge in [-0.25, -0.2) is 0 Å². The molecule has 1 aromatic carbocycles. The van der Waals surface area contributed by atoms with Crippen molar-refractivity contribution in [2.45, 2.75) is 12.7 Å². The molecule has 0 bridgehead atoms. The number of benzene rings is 1. The number of anilines is 1. The summed E-state index contributed by atoms with van der Waals surface area (Å²) in [5, 5.41) is 2.78. The van der Waals surface area contributed by atoms with E-state index >= 15 is 0 Å². The molecule has 2 aromatic rings. The van der Waals surface area contributed by atoms with Crippen molar-refractivity contribution in [3.63, 3.8) is 0 Å². The molecule has 0 aliphatic heterocycles. The highest BCUT2D eigenvalue weighted by molar-refractivity contribution is 9.10. The third-order valence-corrected chi connectivity index (χ3v) is 3.41. The van der Waals surface area contributed by atoms with E-state index in [1.165, 1.54) is 18.3 Å². The average Bonchev–Trinajstić information content (AvgIpc) is 2.79. The third kappa shape index (κ3) is 4.25. The van der Waals surface area contributed by atoms with Crippen molar-refractivity contribution in [2.75, 3.05) is 5.32 Å². The Morgan fingerprint density at radius 3 is 2.71 bits per heavy atom. The molecule has 1 N–H and O–H groups in total. The number of hydrogen-bond acceptors (Lipinski definition) is 1. The van der Waals surface area contributed by atoms with E-state index in [1.54, 1.807) is 18.2 Å². The maximum absolute atomic E-state index is 12.4. The summed E-state index contributed by atoms with van der Waals surface area (Å²) in [6.45, 7) is -1.23. The Hall–Kier alpha value is -1.47. The number of rotatable bonds is 3. The van der Waals surface area contributed by atoms with Gasteiger partial charge in [-0.15, -0.1) is 0 Å². The van der Waals surface area contributed by atoms with Crippen molar-refractivity contribution in [2.24, 2.45) is 0 Å². The smallest absolute Gasteiger partial charge is 0.334 e. The van der Waals surface area contributed by atoms with Crippen LogP contribution < -0.4 is 5.32 Å². The maximum Gasteiger partial charge on any atom is 0.406 e. The maximum atomic E-state index is 12.4. The second kappa shape index (κ2) is 6.11. The zero-order chi connectivity index (χ0) is 15.6. The predicted molar refractivity (Wildman–Crippen MR) is 77.6 cm³/mol. The number of hydrogen-bond donors (Lipinski definition) is 1. The van der Waals surface area contributed by atoms with Crippen molar-refractivity contribution in [3.8, 4) is 0 Å². The molecule has 0 spiro atoms. The van der Waals surface area contributed by atoms with Crippen molar-refractivity contribution in [1.29, 1.82) is 0 Å². The molecule has 0 fully saturated rings. The van der Waals surface area contributed by atoms with Gasteiger partial charge in [-0.05, 0) is 30.3 Å². The normalized spacial score (nSPS) is 11.5. The standard InChI is InChI=1S/C13H9BrClF3N2O/c14-8-3-4-9(15)10(6-8)19-12(21)11-2-1-5-20(11)7-13(16,17)18/h1-6H,7H2,(H,19,21). The SMILES string of the molecule is O=C(Nc1cc(Br)ccc1Cl)c1cccn1CC(F)(F)F. The summed E-state index contributed by atoms with van der Waals surface area (Å²) < 4.78 is 38.8. The van der Waals surface area contributed by atoms with Crippen LogP contribution in [-0.2, 0) is 6.54 Å². The molecule has 0 radical (unpaired) electrons. The average molecular weight is 382 g/mol. The van der Waals surface area contributed by atoms with Gasteiger partial charge in [-0.3, -0.25) is 4.79 Å². The second-order valence-corrected chi connectivity index (χ2v) is 5.54. The van der Waals surface area contributed by atoms with Crippen LogP contribution in [0.25, 0.3) is 0 Å². The van der Waals surface area contributed by atoms with Crippen molar-refractivity contribution < 1.29 is 18.0 Å². The van der Waals surface area contributed by atoms with Gasteiger partial charge in [-0.2, -0.15) is 13.2 Å². The first kappa shape index (κ1) is 15.9. The summed E-state index contributed by atoms with van der Waals surface area (Å²) in [5.74, 6) is -0.663. The monoisotopic (exact) mass is 380 g/mol. The molecule has 0 saturated carbocycles.